The third kappa shape index (κ3) is 4.48. The fourth-order valence-corrected chi connectivity index (χ4v) is 2.85. The summed E-state index contributed by atoms with van der Waals surface area (Å²) in [5.74, 6) is 0.180. The number of aryl methyl sites for hydroxylation is 1. The second kappa shape index (κ2) is 7.82. The summed E-state index contributed by atoms with van der Waals surface area (Å²) in [4.78, 5) is 20.3. The van der Waals surface area contributed by atoms with Crippen molar-refractivity contribution in [2.75, 3.05) is 0 Å². The van der Waals surface area contributed by atoms with E-state index in [1.165, 1.54) is 12.1 Å². The molecule has 9 heteroatoms. The van der Waals surface area contributed by atoms with E-state index in [4.69, 9.17) is 44.1 Å². The minimum atomic E-state index is -0.538. The summed E-state index contributed by atoms with van der Waals surface area (Å²) in [7, 11) is 0. The molecule has 0 unspecified atom stereocenters. The zero-order valence-electron chi connectivity index (χ0n) is 12.6. The number of ether oxygens (including phenoxy) is 1. The van der Waals surface area contributed by atoms with Crippen molar-refractivity contribution in [3.63, 3.8) is 0 Å². The number of hydrogen-bond acceptors (Lipinski definition) is 6. The van der Waals surface area contributed by atoms with E-state index in [0.717, 1.165) is 0 Å². The van der Waals surface area contributed by atoms with Gasteiger partial charge in [0.15, 0.2) is 5.75 Å². The first kappa shape index (κ1) is 17.7. The number of rotatable bonds is 5. The van der Waals surface area contributed by atoms with E-state index in [-0.39, 0.29) is 28.6 Å². The number of hydrogen-bond donors (Lipinski definition) is 0. The molecule has 0 radical (unpaired) electrons. The molecule has 0 bridgehead atoms. The Morgan fingerprint density at radius 3 is 2.60 bits per heavy atom. The van der Waals surface area contributed by atoms with Crippen LogP contribution >= 0.6 is 34.8 Å². The highest BCUT2D eigenvalue weighted by atomic mass is 35.5. The molecule has 0 atom stereocenters. The van der Waals surface area contributed by atoms with Crippen molar-refractivity contribution >= 4 is 40.8 Å². The highest BCUT2D eigenvalue weighted by molar-refractivity contribution is 6.40. The van der Waals surface area contributed by atoms with Crippen molar-refractivity contribution in [2.45, 2.75) is 12.8 Å². The van der Waals surface area contributed by atoms with E-state index in [1.54, 1.807) is 18.3 Å². The molecule has 0 saturated carbocycles. The summed E-state index contributed by atoms with van der Waals surface area (Å²) in [5, 5.41) is 4.49. The molecule has 6 nitrogen and oxygen atoms in total. The molecule has 0 N–H and O–H groups in total. The molecule has 0 aliphatic rings. The van der Waals surface area contributed by atoms with E-state index in [0.29, 0.717) is 22.4 Å². The number of benzene rings is 1. The van der Waals surface area contributed by atoms with E-state index in [1.807, 2.05) is 6.07 Å². The van der Waals surface area contributed by atoms with Crippen LogP contribution in [0, 0.1) is 0 Å². The molecular formula is C16H10Cl3N3O3. The third-order valence-corrected chi connectivity index (χ3v) is 3.86. The lowest BCUT2D eigenvalue weighted by molar-refractivity contribution is -0.134. The molecule has 1 aromatic carbocycles. The van der Waals surface area contributed by atoms with Gasteiger partial charge in [-0.05, 0) is 24.3 Å². The number of esters is 1. The van der Waals surface area contributed by atoms with Gasteiger partial charge >= 0.3 is 5.97 Å². The molecule has 0 fully saturated rings. The van der Waals surface area contributed by atoms with E-state index in [9.17, 15) is 4.79 Å². The van der Waals surface area contributed by atoms with E-state index < -0.39 is 5.97 Å². The van der Waals surface area contributed by atoms with Crippen LogP contribution in [-0.4, -0.2) is 21.1 Å². The number of carbonyl (C=O) groups is 1. The zero-order chi connectivity index (χ0) is 17.8. The predicted molar refractivity (Wildman–Crippen MR) is 93.0 cm³/mol. The Balaban J connectivity index is 1.61. The second-order valence-electron chi connectivity index (χ2n) is 4.90. The van der Waals surface area contributed by atoms with Crippen molar-refractivity contribution in [1.29, 1.82) is 0 Å². The van der Waals surface area contributed by atoms with Crippen molar-refractivity contribution in [2.24, 2.45) is 0 Å². The quantitative estimate of drug-likeness (QED) is 0.460. The second-order valence-corrected chi connectivity index (χ2v) is 6.15. The summed E-state index contributed by atoms with van der Waals surface area (Å²) in [6.45, 7) is 0. The van der Waals surface area contributed by atoms with Crippen LogP contribution in [0.2, 0.25) is 15.1 Å². The van der Waals surface area contributed by atoms with Gasteiger partial charge in [0.1, 0.15) is 5.69 Å². The molecule has 0 aliphatic heterocycles. The van der Waals surface area contributed by atoms with Gasteiger partial charge in [-0.25, -0.2) is 0 Å². The Labute approximate surface area is 157 Å². The summed E-state index contributed by atoms with van der Waals surface area (Å²) >= 11 is 17.8. The van der Waals surface area contributed by atoms with Crippen LogP contribution in [0.3, 0.4) is 0 Å². The Bertz CT molecular complexity index is 877. The fraction of sp³-hybridized carbons (Fsp3) is 0.125. The van der Waals surface area contributed by atoms with Gasteiger partial charge in [-0.1, -0.05) is 46.0 Å². The average Bonchev–Trinajstić information content (AvgIpc) is 3.06. The van der Waals surface area contributed by atoms with Gasteiger partial charge in [-0.2, -0.15) is 4.98 Å². The number of nitrogens with zero attached hydrogens (tertiary/aromatic N) is 3. The predicted octanol–water partition coefficient (Wildman–Crippen LogP) is 4.63. The highest BCUT2D eigenvalue weighted by Gasteiger charge is 2.16. The maximum atomic E-state index is 12.0. The molecule has 3 rings (SSSR count). The van der Waals surface area contributed by atoms with Crippen LogP contribution in [-0.2, 0) is 11.2 Å². The zero-order valence-corrected chi connectivity index (χ0v) is 14.8. The normalized spacial score (nSPS) is 10.7. The van der Waals surface area contributed by atoms with Crippen LogP contribution in [0.25, 0.3) is 11.5 Å². The van der Waals surface area contributed by atoms with Crippen LogP contribution in [0.4, 0.5) is 0 Å². The van der Waals surface area contributed by atoms with Crippen LogP contribution in [0.5, 0.6) is 5.75 Å². The third-order valence-electron chi connectivity index (χ3n) is 3.08. The molecule has 3 aromatic rings. The van der Waals surface area contributed by atoms with Crippen LogP contribution in [0.15, 0.2) is 41.1 Å². The largest absolute Gasteiger partial charge is 0.423 e. The first-order chi connectivity index (χ1) is 12.0. The minimum absolute atomic E-state index is 0.0130. The lowest BCUT2D eigenvalue weighted by Gasteiger charge is -2.08. The first-order valence-electron chi connectivity index (χ1n) is 7.12. The Kier molecular flexibility index (Phi) is 5.53. The van der Waals surface area contributed by atoms with Crippen molar-refractivity contribution in [3.05, 3.63) is 57.5 Å². The number of carbonyl (C=O) groups excluding carboxylic acids is 1. The van der Waals surface area contributed by atoms with Gasteiger partial charge < -0.3 is 9.26 Å². The Morgan fingerprint density at radius 2 is 1.92 bits per heavy atom. The van der Waals surface area contributed by atoms with E-state index in [2.05, 4.69) is 15.1 Å². The van der Waals surface area contributed by atoms with Crippen molar-refractivity contribution in [3.8, 4) is 17.3 Å². The number of aromatic nitrogens is 3. The summed E-state index contributed by atoms with van der Waals surface area (Å²) in [6, 6.07) is 8.24. The van der Waals surface area contributed by atoms with Crippen molar-refractivity contribution in [1.82, 2.24) is 15.1 Å². The molecule has 0 spiro atoms. The first-order valence-corrected chi connectivity index (χ1v) is 8.25. The molecule has 0 saturated heterocycles. The maximum Gasteiger partial charge on any atom is 0.311 e. The lowest BCUT2D eigenvalue weighted by Crippen LogP contribution is -2.10. The van der Waals surface area contributed by atoms with Crippen LogP contribution in [0.1, 0.15) is 12.3 Å². The van der Waals surface area contributed by atoms with Gasteiger partial charge in [0.2, 0.25) is 11.7 Å². The Hall–Kier alpha value is -2.15. The van der Waals surface area contributed by atoms with Gasteiger partial charge in [0.05, 0.1) is 16.5 Å². The Morgan fingerprint density at radius 1 is 1.16 bits per heavy atom. The summed E-state index contributed by atoms with van der Waals surface area (Å²) in [6.07, 6.45) is 1.85. The van der Waals surface area contributed by atoms with Gasteiger partial charge in [0, 0.05) is 17.6 Å². The standard InChI is InChI=1S/C16H10Cl3N3O3/c17-9-7-10(18)15(11(19)8-9)24-14(23)5-4-13-21-16(22-25-13)12-3-1-2-6-20-12/h1-3,6-8H,4-5H2. The van der Waals surface area contributed by atoms with E-state index >= 15 is 0 Å². The number of halogens is 3. The molecule has 25 heavy (non-hydrogen) atoms. The van der Waals surface area contributed by atoms with Crippen molar-refractivity contribution < 1.29 is 14.1 Å². The SMILES string of the molecule is O=C(CCc1nc(-c2ccccn2)no1)Oc1c(Cl)cc(Cl)cc1Cl. The molecule has 128 valence electrons. The summed E-state index contributed by atoms with van der Waals surface area (Å²) < 4.78 is 10.3. The lowest BCUT2D eigenvalue weighted by atomic mass is 10.3. The van der Waals surface area contributed by atoms with Gasteiger partial charge in [0.25, 0.3) is 0 Å². The average molecular weight is 399 g/mol. The molecule has 0 amide bonds. The molecule has 2 aromatic heterocycles. The van der Waals surface area contributed by atoms with Crippen LogP contribution < -0.4 is 4.74 Å². The fourth-order valence-electron chi connectivity index (χ4n) is 1.96. The number of pyridine rings is 1. The van der Waals surface area contributed by atoms with Gasteiger partial charge in [-0.15, -0.1) is 0 Å². The van der Waals surface area contributed by atoms with Gasteiger partial charge in [-0.3, -0.25) is 9.78 Å². The minimum Gasteiger partial charge on any atom is -0.423 e. The highest BCUT2D eigenvalue weighted by Crippen LogP contribution is 2.36. The summed E-state index contributed by atoms with van der Waals surface area (Å²) in [5.41, 5.74) is 0.583. The molecular weight excluding hydrogens is 389 g/mol. The molecule has 2 heterocycles. The smallest absolute Gasteiger partial charge is 0.311 e. The monoisotopic (exact) mass is 397 g/mol. The topological polar surface area (TPSA) is 78.1 Å². The molecule has 0 aliphatic carbocycles. The maximum absolute atomic E-state index is 12.0.